The van der Waals surface area contributed by atoms with Crippen molar-refractivity contribution >= 4 is 5.91 Å². The predicted molar refractivity (Wildman–Crippen MR) is 81.7 cm³/mol. The van der Waals surface area contributed by atoms with Crippen molar-refractivity contribution in [2.75, 3.05) is 20.1 Å². The van der Waals surface area contributed by atoms with Gasteiger partial charge in [-0.1, -0.05) is 20.8 Å². The summed E-state index contributed by atoms with van der Waals surface area (Å²) in [6.07, 6.45) is 0.909. The van der Waals surface area contributed by atoms with Gasteiger partial charge in [0.2, 0.25) is 0 Å². The monoisotopic (exact) mass is 292 g/mol. The molecule has 0 radical (unpaired) electrons. The summed E-state index contributed by atoms with van der Waals surface area (Å²) in [5.41, 5.74) is 0.0337. The maximum Gasteiger partial charge on any atom is 0.264 e. The molecule has 1 fully saturated rings. The molecule has 1 aromatic heterocycles. The number of nitrogens with zero attached hydrogens (tertiary/aromatic N) is 2. The molecule has 2 heterocycles. The molecule has 6 heteroatoms. The Morgan fingerprint density at radius 1 is 1.38 bits per heavy atom. The number of hydrogen-bond acceptors (Lipinski definition) is 4. The number of hydrogen-bond donors (Lipinski definition) is 2. The van der Waals surface area contributed by atoms with Crippen molar-refractivity contribution in [2.24, 2.45) is 0 Å². The van der Waals surface area contributed by atoms with Crippen molar-refractivity contribution in [3.8, 4) is 0 Å². The van der Waals surface area contributed by atoms with E-state index >= 15 is 0 Å². The first kappa shape index (κ1) is 15.7. The molecule has 0 aliphatic carbocycles. The van der Waals surface area contributed by atoms with E-state index < -0.39 is 0 Å². The largest absolute Gasteiger partial charge is 0.337 e. The molecular weight excluding hydrogens is 268 g/mol. The molecule has 1 amide bonds. The third-order valence-corrected chi connectivity index (χ3v) is 3.93. The molecule has 0 saturated carbocycles. The van der Waals surface area contributed by atoms with Crippen LogP contribution in [0.1, 0.15) is 49.1 Å². The second-order valence-electron chi connectivity index (χ2n) is 6.69. The zero-order valence-corrected chi connectivity index (χ0v) is 13.4. The van der Waals surface area contributed by atoms with E-state index in [-0.39, 0.29) is 28.5 Å². The zero-order valence-electron chi connectivity index (χ0n) is 13.4. The van der Waals surface area contributed by atoms with E-state index in [1.165, 1.54) is 0 Å². The number of aromatic nitrogens is 2. The lowest BCUT2D eigenvalue weighted by atomic mass is 9.95. The number of carbonyl (C=O) groups excluding carboxylic acids is 1. The van der Waals surface area contributed by atoms with Crippen LogP contribution in [0.2, 0.25) is 0 Å². The third-order valence-electron chi connectivity index (χ3n) is 3.93. The van der Waals surface area contributed by atoms with Gasteiger partial charge in [0, 0.05) is 25.0 Å². The summed E-state index contributed by atoms with van der Waals surface area (Å²) >= 11 is 0. The van der Waals surface area contributed by atoms with Crippen LogP contribution in [0.4, 0.5) is 0 Å². The number of aryl methyl sites for hydroxylation is 1. The van der Waals surface area contributed by atoms with Gasteiger partial charge in [-0.05, 0) is 19.9 Å². The van der Waals surface area contributed by atoms with Gasteiger partial charge in [-0.15, -0.1) is 0 Å². The maximum atomic E-state index is 12.6. The number of carbonyl (C=O) groups is 1. The molecule has 0 spiro atoms. The van der Waals surface area contributed by atoms with E-state index in [0.29, 0.717) is 11.5 Å². The van der Waals surface area contributed by atoms with Gasteiger partial charge >= 0.3 is 0 Å². The Bertz CT molecular complexity index is 595. The number of likely N-dealkylation sites (N-methyl/N-ethyl adjacent to an activating group) is 1. The summed E-state index contributed by atoms with van der Waals surface area (Å²) in [5.74, 6) is 0.349. The second-order valence-corrected chi connectivity index (χ2v) is 6.69. The molecule has 0 bridgehead atoms. The Hall–Kier alpha value is -1.69. The van der Waals surface area contributed by atoms with Gasteiger partial charge in [-0.25, -0.2) is 4.98 Å². The van der Waals surface area contributed by atoms with Crippen LogP contribution < -0.4 is 10.9 Å². The van der Waals surface area contributed by atoms with E-state index in [2.05, 4.69) is 15.3 Å². The minimum Gasteiger partial charge on any atom is -0.337 e. The Kier molecular flexibility index (Phi) is 4.18. The summed E-state index contributed by atoms with van der Waals surface area (Å²) in [6.45, 7) is 9.32. The molecule has 1 aliphatic heterocycles. The zero-order chi connectivity index (χ0) is 15.8. The number of aromatic amines is 1. The molecule has 1 unspecified atom stereocenters. The van der Waals surface area contributed by atoms with Gasteiger partial charge in [0.25, 0.3) is 11.5 Å². The van der Waals surface area contributed by atoms with Crippen LogP contribution in [-0.4, -0.2) is 47.0 Å². The van der Waals surface area contributed by atoms with Crippen LogP contribution in [0.5, 0.6) is 0 Å². The summed E-state index contributed by atoms with van der Waals surface area (Å²) < 4.78 is 0. The van der Waals surface area contributed by atoms with E-state index in [1.54, 1.807) is 18.9 Å². The fourth-order valence-electron chi connectivity index (χ4n) is 2.51. The molecule has 2 rings (SSSR count). The van der Waals surface area contributed by atoms with Crippen molar-refractivity contribution in [3.05, 3.63) is 27.4 Å². The van der Waals surface area contributed by atoms with Crippen molar-refractivity contribution in [2.45, 2.75) is 45.6 Å². The molecule has 6 nitrogen and oxygen atoms in total. The molecule has 2 N–H and O–H groups in total. The van der Waals surface area contributed by atoms with E-state index in [1.807, 2.05) is 20.8 Å². The first-order chi connectivity index (χ1) is 9.71. The molecule has 1 saturated heterocycles. The predicted octanol–water partition coefficient (Wildman–Crippen LogP) is 0.810. The average molecular weight is 292 g/mol. The summed E-state index contributed by atoms with van der Waals surface area (Å²) in [5, 5.41) is 3.22. The summed E-state index contributed by atoms with van der Waals surface area (Å²) in [6, 6.07) is 0.138. The Morgan fingerprint density at radius 3 is 2.52 bits per heavy atom. The van der Waals surface area contributed by atoms with Gasteiger partial charge in [-0.2, -0.15) is 0 Å². The van der Waals surface area contributed by atoms with Crippen molar-refractivity contribution < 1.29 is 4.79 Å². The van der Waals surface area contributed by atoms with Gasteiger partial charge in [0.05, 0.1) is 5.69 Å². The number of amides is 1. The fourth-order valence-corrected chi connectivity index (χ4v) is 2.51. The standard InChI is InChI=1S/C15H24N4O2/c1-9-11(12(20)18-14(17-9)15(2,3)4)13(21)19(5)10-6-7-16-8-10/h10,16H,6-8H2,1-5H3,(H,17,18,20). The van der Waals surface area contributed by atoms with Gasteiger partial charge in [0.1, 0.15) is 11.4 Å². The number of rotatable bonds is 2. The molecule has 1 aliphatic rings. The van der Waals surface area contributed by atoms with Crippen LogP contribution in [0.15, 0.2) is 4.79 Å². The first-order valence-electron chi connectivity index (χ1n) is 7.31. The Morgan fingerprint density at radius 2 is 2.05 bits per heavy atom. The third kappa shape index (κ3) is 3.15. The topological polar surface area (TPSA) is 78.1 Å². The average Bonchev–Trinajstić information content (AvgIpc) is 2.89. The second kappa shape index (κ2) is 5.60. The molecule has 1 atom stereocenters. The molecule has 0 aromatic carbocycles. The summed E-state index contributed by atoms with van der Waals surface area (Å²) in [7, 11) is 1.75. The van der Waals surface area contributed by atoms with Crippen LogP contribution in [0.3, 0.4) is 0 Å². The minimum atomic E-state index is -0.352. The SMILES string of the molecule is Cc1nc(C(C)(C)C)[nH]c(=O)c1C(=O)N(C)C1CCNC1. The smallest absolute Gasteiger partial charge is 0.264 e. The van der Waals surface area contributed by atoms with Crippen LogP contribution >= 0.6 is 0 Å². The van der Waals surface area contributed by atoms with Crippen molar-refractivity contribution in [3.63, 3.8) is 0 Å². The molecular formula is C15H24N4O2. The first-order valence-corrected chi connectivity index (χ1v) is 7.31. The fraction of sp³-hybridized carbons (Fsp3) is 0.667. The minimum absolute atomic E-state index is 0.138. The number of nitrogens with one attached hydrogen (secondary N) is 2. The normalized spacial score (nSPS) is 18.8. The van der Waals surface area contributed by atoms with E-state index in [4.69, 9.17) is 0 Å². The van der Waals surface area contributed by atoms with Gasteiger partial charge in [0.15, 0.2) is 0 Å². The highest BCUT2D eigenvalue weighted by Crippen LogP contribution is 2.18. The highest BCUT2D eigenvalue weighted by Gasteiger charge is 2.28. The van der Waals surface area contributed by atoms with Crippen LogP contribution in [0, 0.1) is 6.92 Å². The van der Waals surface area contributed by atoms with E-state index in [0.717, 1.165) is 19.5 Å². The number of H-pyrrole nitrogens is 1. The van der Waals surface area contributed by atoms with Crippen LogP contribution in [-0.2, 0) is 5.41 Å². The van der Waals surface area contributed by atoms with Crippen molar-refractivity contribution in [1.82, 2.24) is 20.2 Å². The molecule has 116 valence electrons. The quantitative estimate of drug-likeness (QED) is 0.845. The van der Waals surface area contributed by atoms with Gasteiger partial charge in [-0.3, -0.25) is 9.59 Å². The molecule has 21 heavy (non-hydrogen) atoms. The Labute approximate surface area is 125 Å². The van der Waals surface area contributed by atoms with E-state index in [9.17, 15) is 9.59 Å². The van der Waals surface area contributed by atoms with Crippen molar-refractivity contribution in [1.29, 1.82) is 0 Å². The lowest BCUT2D eigenvalue weighted by molar-refractivity contribution is 0.0740. The summed E-state index contributed by atoms with van der Waals surface area (Å²) in [4.78, 5) is 33.7. The Balaban J connectivity index is 2.36. The lowest BCUT2D eigenvalue weighted by Gasteiger charge is -2.24. The lowest BCUT2D eigenvalue weighted by Crippen LogP contribution is -2.41. The maximum absolute atomic E-state index is 12.6. The highest BCUT2D eigenvalue weighted by molar-refractivity contribution is 5.94. The van der Waals surface area contributed by atoms with Gasteiger partial charge < -0.3 is 15.2 Å². The highest BCUT2D eigenvalue weighted by atomic mass is 16.2. The van der Waals surface area contributed by atoms with Crippen LogP contribution in [0.25, 0.3) is 0 Å². The molecule has 1 aromatic rings.